The average molecular weight is 410 g/mol. The van der Waals surface area contributed by atoms with Crippen LogP contribution in [0.5, 0.6) is 5.88 Å². The van der Waals surface area contributed by atoms with Crippen LogP contribution in [0.3, 0.4) is 0 Å². The summed E-state index contributed by atoms with van der Waals surface area (Å²) in [7, 11) is 1.82. The molecule has 0 unspecified atom stereocenters. The Balaban J connectivity index is 1.38. The van der Waals surface area contributed by atoms with E-state index in [2.05, 4.69) is 15.2 Å². The van der Waals surface area contributed by atoms with E-state index in [4.69, 9.17) is 9.47 Å². The summed E-state index contributed by atoms with van der Waals surface area (Å²) in [4.78, 5) is 15.0. The maximum absolute atomic E-state index is 12.8. The molecule has 2 aliphatic rings. The summed E-state index contributed by atoms with van der Waals surface area (Å²) >= 11 is 0. The highest BCUT2D eigenvalue weighted by Gasteiger charge is 2.52. The van der Waals surface area contributed by atoms with Gasteiger partial charge in [-0.05, 0) is 37.7 Å². The zero-order chi connectivity index (χ0) is 20.6. The number of carbonyl (C=O) groups excluding carboxylic acids is 1. The number of epoxide rings is 1. The summed E-state index contributed by atoms with van der Waals surface area (Å²) in [5.41, 5.74) is -1.38. The van der Waals surface area contributed by atoms with Crippen LogP contribution < -0.4 is 4.74 Å². The normalized spacial score (nSPS) is 26.9. The first-order chi connectivity index (χ1) is 13.8. The molecule has 0 N–H and O–H groups in total. The molecule has 0 aromatic carbocycles. The van der Waals surface area contributed by atoms with Gasteiger partial charge in [-0.1, -0.05) is 0 Å². The summed E-state index contributed by atoms with van der Waals surface area (Å²) < 4.78 is 51.0. The van der Waals surface area contributed by atoms with Crippen molar-refractivity contribution >= 4 is 6.29 Å². The minimum atomic E-state index is -4.45. The fourth-order valence-electron chi connectivity index (χ4n) is 3.98. The molecule has 2 fully saturated rings. The van der Waals surface area contributed by atoms with Crippen LogP contribution in [0.4, 0.5) is 13.2 Å². The Hall–Kier alpha value is -2.49. The molecule has 0 amide bonds. The predicted octanol–water partition coefficient (Wildman–Crippen LogP) is 3.05. The second-order valence-corrected chi connectivity index (χ2v) is 7.61. The number of carbonyl (C=O) groups is 1. The molecule has 2 aromatic rings. The molecule has 1 saturated carbocycles. The minimum Gasteiger partial charge on any atom is -0.469 e. The fourth-order valence-corrected chi connectivity index (χ4v) is 3.98. The van der Waals surface area contributed by atoms with Gasteiger partial charge in [0.25, 0.3) is 0 Å². The molecule has 1 saturated heterocycles. The number of nitrogens with zero attached hydrogens (tertiary/aromatic N) is 4. The Morgan fingerprint density at radius 1 is 1.31 bits per heavy atom. The number of alkyl halides is 3. The van der Waals surface area contributed by atoms with E-state index >= 15 is 0 Å². The largest absolute Gasteiger partial charge is 0.469 e. The second-order valence-electron chi connectivity index (χ2n) is 7.61. The van der Waals surface area contributed by atoms with Gasteiger partial charge in [0.1, 0.15) is 18.0 Å². The molecule has 0 spiro atoms. The van der Waals surface area contributed by atoms with Gasteiger partial charge >= 0.3 is 6.18 Å². The molecule has 10 heteroatoms. The number of aromatic nitrogens is 4. The monoisotopic (exact) mass is 410 g/mol. The van der Waals surface area contributed by atoms with Crippen molar-refractivity contribution in [1.29, 1.82) is 0 Å². The molecule has 0 bridgehead atoms. The zero-order valence-corrected chi connectivity index (χ0v) is 15.9. The van der Waals surface area contributed by atoms with E-state index in [1.807, 2.05) is 11.6 Å². The Bertz CT molecular complexity index is 887. The summed E-state index contributed by atoms with van der Waals surface area (Å²) in [6.45, 7) is 0.482. The molecule has 3 heterocycles. The van der Waals surface area contributed by atoms with Crippen molar-refractivity contribution in [3.8, 4) is 5.88 Å². The Labute approximate surface area is 165 Å². The van der Waals surface area contributed by atoms with Crippen LogP contribution in [-0.4, -0.2) is 38.2 Å². The average Bonchev–Trinajstić information content (AvgIpc) is 3.43. The van der Waals surface area contributed by atoms with E-state index in [9.17, 15) is 18.0 Å². The van der Waals surface area contributed by atoms with E-state index in [1.165, 1.54) is 0 Å². The number of halogens is 3. The van der Waals surface area contributed by atoms with Crippen LogP contribution >= 0.6 is 0 Å². The smallest absolute Gasteiger partial charge is 0.416 e. The SMILES string of the molecule is Cn1c(COc2cc(C(F)(F)F)ccn2)nnc1C1CCC([C@]2(C=O)CO2)CC1. The van der Waals surface area contributed by atoms with Crippen LogP contribution in [0.1, 0.15) is 48.8 Å². The molecular weight excluding hydrogens is 389 g/mol. The van der Waals surface area contributed by atoms with Crippen molar-refractivity contribution in [2.45, 2.75) is 50.0 Å². The molecule has 2 aromatic heterocycles. The van der Waals surface area contributed by atoms with Crippen molar-refractivity contribution < 1.29 is 27.4 Å². The van der Waals surface area contributed by atoms with Gasteiger partial charge in [0.05, 0.1) is 12.2 Å². The quantitative estimate of drug-likeness (QED) is 0.538. The van der Waals surface area contributed by atoms with Gasteiger partial charge in [-0.2, -0.15) is 13.2 Å². The molecule has 0 radical (unpaired) electrons. The van der Waals surface area contributed by atoms with Crippen molar-refractivity contribution in [2.75, 3.05) is 6.61 Å². The lowest BCUT2D eigenvalue weighted by Crippen LogP contribution is -2.30. The highest BCUT2D eigenvalue weighted by molar-refractivity contribution is 5.67. The predicted molar refractivity (Wildman–Crippen MR) is 94.0 cm³/mol. The van der Waals surface area contributed by atoms with Crippen molar-refractivity contribution in [3.05, 3.63) is 35.5 Å². The topological polar surface area (TPSA) is 82.4 Å². The van der Waals surface area contributed by atoms with Gasteiger partial charge in [0.2, 0.25) is 5.88 Å². The first-order valence-corrected chi connectivity index (χ1v) is 9.47. The third-order valence-electron chi connectivity index (χ3n) is 5.87. The van der Waals surface area contributed by atoms with E-state index in [0.29, 0.717) is 12.4 Å². The molecule has 1 atom stereocenters. The van der Waals surface area contributed by atoms with E-state index in [1.54, 1.807) is 0 Å². The molecule has 1 aliphatic carbocycles. The van der Waals surface area contributed by atoms with Crippen LogP contribution in [0, 0.1) is 5.92 Å². The minimum absolute atomic E-state index is 0.0325. The first-order valence-electron chi connectivity index (χ1n) is 9.47. The highest BCUT2D eigenvalue weighted by Crippen LogP contribution is 2.45. The Morgan fingerprint density at radius 2 is 2.03 bits per heavy atom. The second kappa shape index (κ2) is 7.40. The van der Waals surface area contributed by atoms with E-state index in [0.717, 1.165) is 56.1 Å². The fraction of sp³-hybridized carbons (Fsp3) is 0.579. The van der Waals surface area contributed by atoms with Crippen LogP contribution in [0.2, 0.25) is 0 Å². The lowest BCUT2D eigenvalue weighted by molar-refractivity contribution is -0.137. The molecular formula is C19H21F3N4O3. The maximum Gasteiger partial charge on any atom is 0.416 e. The van der Waals surface area contributed by atoms with Gasteiger partial charge in [-0.3, -0.25) is 0 Å². The van der Waals surface area contributed by atoms with Gasteiger partial charge in [-0.25, -0.2) is 4.98 Å². The van der Waals surface area contributed by atoms with E-state index in [-0.39, 0.29) is 24.3 Å². The summed E-state index contributed by atoms with van der Waals surface area (Å²) in [6, 6.07) is 1.76. The zero-order valence-electron chi connectivity index (χ0n) is 15.9. The van der Waals surface area contributed by atoms with Crippen molar-refractivity contribution in [1.82, 2.24) is 19.7 Å². The number of rotatable bonds is 6. The van der Waals surface area contributed by atoms with Gasteiger partial charge in [-0.15, -0.1) is 10.2 Å². The highest BCUT2D eigenvalue weighted by atomic mass is 19.4. The lowest BCUT2D eigenvalue weighted by Gasteiger charge is -2.29. The number of pyridine rings is 1. The van der Waals surface area contributed by atoms with E-state index < -0.39 is 17.3 Å². The Kier molecular flexibility index (Phi) is 5.05. The van der Waals surface area contributed by atoms with Crippen LogP contribution in [-0.2, 0) is 29.4 Å². The third-order valence-corrected chi connectivity index (χ3v) is 5.87. The van der Waals surface area contributed by atoms with Gasteiger partial charge < -0.3 is 18.8 Å². The van der Waals surface area contributed by atoms with Crippen molar-refractivity contribution in [3.63, 3.8) is 0 Å². The molecule has 4 rings (SSSR count). The standard InChI is InChI=1S/C19H21F3N4O3/c1-26-15(9-28-16-8-14(6-7-23-16)19(20,21)22)24-25-17(26)12-2-4-13(5-3-12)18(10-27)11-29-18/h6-8,10,12-13H,2-5,9,11H2,1H3/t12?,13?,18-/m0/s1. The van der Waals surface area contributed by atoms with Crippen molar-refractivity contribution in [2.24, 2.45) is 13.0 Å². The number of ether oxygens (including phenoxy) is 2. The third kappa shape index (κ3) is 3.98. The van der Waals surface area contributed by atoms with Crippen LogP contribution in [0.25, 0.3) is 0 Å². The molecule has 156 valence electrons. The maximum atomic E-state index is 12.8. The number of aldehydes is 1. The van der Waals surface area contributed by atoms with Gasteiger partial charge in [0, 0.05) is 25.2 Å². The number of hydrogen-bond donors (Lipinski definition) is 0. The first kappa shape index (κ1) is 19.8. The summed E-state index contributed by atoms with van der Waals surface area (Å²) in [5.74, 6) is 1.67. The lowest BCUT2D eigenvalue weighted by atomic mass is 9.76. The van der Waals surface area contributed by atoms with Crippen LogP contribution in [0.15, 0.2) is 18.3 Å². The Morgan fingerprint density at radius 3 is 2.66 bits per heavy atom. The van der Waals surface area contributed by atoms with Gasteiger partial charge in [0.15, 0.2) is 12.1 Å². The molecule has 7 nitrogen and oxygen atoms in total. The molecule has 29 heavy (non-hydrogen) atoms. The summed E-state index contributed by atoms with van der Waals surface area (Å²) in [5, 5.41) is 8.39. The summed E-state index contributed by atoms with van der Waals surface area (Å²) in [6.07, 6.45) is 1.07. The molecule has 1 aliphatic heterocycles. The number of hydrogen-bond acceptors (Lipinski definition) is 6.